The fraction of sp³-hybridized carbons (Fsp3) is 0.684. The number of hydrogen-bond acceptors (Lipinski definition) is 5. The van der Waals surface area contributed by atoms with Gasteiger partial charge in [-0.25, -0.2) is 0 Å². The minimum absolute atomic E-state index is 0.622. The number of hydrogen-bond donors (Lipinski definition) is 1. The zero-order valence-corrected chi connectivity index (χ0v) is 15.1. The van der Waals surface area contributed by atoms with Crippen LogP contribution in [0.5, 0.6) is 5.75 Å². The molecule has 1 aromatic rings. The average Bonchev–Trinajstić information content (AvgIpc) is 3.09. The maximum atomic E-state index is 5.58. The van der Waals surface area contributed by atoms with Crippen LogP contribution in [-0.2, 0) is 17.9 Å². The Balaban J connectivity index is 1.57. The maximum absolute atomic E-state index is 5.58. The first-order valence-electron chi connectivity index (χ1n) is 9.20. The van der Waals surface area contributed by atoms with Crippen LogP contribution in [0, 0.1) is 0 Å². The van der Waals surface area contributed by atoms with Crippen molar-refractivity contribution in [1.82, 2.24) is 15.1 Å². The molecule has 0 bridgehead atoms. The first kappa shape index (κ1) is 17.7. The fourth-order valence-electron chi connectivity index (χ4n) is 3.81. The quantitative estimate of drug-likeness (QED) is 0.822. The number of rotatable bonds is 7. The van der Waals surface area contributed by atoms with Crippen molar-refractivity contribution < 1.29 is 9.47 Å². The minimum Gasteiger partial charge on any atom is -0.496 e. The molecule has 1 N–H and O–H groups in total. The van der Waals surface area contributed by atoms with E-state index in [1.54, 1.807) is 7.11 Å². The van der Waals surface area contributed by atoms with Crippen molar-refractivity contribution in [3.8, 4) is 5.75 Å². The molecule has 0 spiro atoms. The molecule has 1 unspecified atom stereocenters. The molecule has 0 saturated carbocycles. The molecule has 1 aromatic carbocycles. The van der Waals surface area contributed by atoms with E-state index in [-0.39, 0.29) is 0 Å². The Bertz CT molecular complexity index is 517. The molecule has 0 aliphatic carbocycles. The van der Waals surface area contributed by atoms with Crippen molar-refractivity contribution in [1.29, 1.82) is 0 Å². The third kappa shape index (κ3) is 4.48. The van der Waals surface area contributed by atoms with Crippen LogP contribution in [0.2, 0.25) is 0 Å². The number of ether oxygens (including phenoxy) is 2. The molecular weight excluding hydrogens is 302 g/mol. The van der Waals surface area contributed by atoms with Gasteiger partial charge in [-0.15, -0.1) is 0 Å². The normalized spacial score (nSPS) is 22.8. The van der Waals surface area contributed by atoms with E-state index in [1.807, 2.05) is 6.92 Å². The lowest BCUT2D eigenvalue weighted by Crippen LogP contribution is -2.49. The molecule has 5 nitrogen and oxygen atoms in total. The molecule has 0 radical (unpaired) electrons. The van der Waals surface area contributed by atoms with E-state index < -0.39 is 0 Å². The van der Waals surface area contributed by atoms with Crippen molar-refractivity contribution in [3.05, 3.63) is 29.3 Å². The zero-order chi connectivity index (χ0) is 16.8. The lowest BCUT2D eigenvalue weighted by Gasteiger charge is -2.32. The van der Waals surface area contributed by atoms with Gasteiger partial charge in [-0.3, -0.25) is 9.80 Å². The number of nitrogens with one attached hydrogen (secondary N) is 1. The maximum Gasteiger partial charge on any atom is 0.124 e. The Hall–Kier alpha value is -1.14. The fourth-order valence-corrected chi connectivity index (χ4v) is 3.81. The van der Waals surface area contributed by atoms with Gasteiger partial charge < -0.3 is 14.8 Å². The van der Waals surface area contributed by atoms with Crippen molar-refractivity contribution in [2.45, 2.75) is 32.5 Å². The van der Waals surface area contributed by atoms with E-state index in [2.05, 4.69) is 33.3 Å². The monoisotopic (exact) mass is 333 g/mol. The van der Waals surface area contributed by atoms with Crippen molar-refractivity contribution in [2.75, 3.05) is 53.0 Å². The molecule has 5 heteroatoms. The highest BCUT2D eigenvalue weighted by atomic mass is 16.5. The van der Waals surface area contributed by atoms with Crippen LogP contribution < -0.4 is 10.1 Å². The van der Waals surface area contributed by atoms with Gasteiger partial charge in [0.25, 0.3) is 0 Å². The van der Waals surface area contributed by atoms with Crippen LogP contribution in [0.1, 0.15) is 24.5 Å². The molecule has 2 aliphatic rings. The molecule has 0 amide bonds. The van der Waals surface area contributed by atoms with E-state index in [9.17, 15) is 0 Å². The average molecular weight is 333 g/mol. The largest absolute Gasteiger partial charge is 0.496 e. The highest BCUT2D eigenvalue weighted by Gasteiger charge is 2.28. The summed E-state index contributed by atoms with van der Waals surface area (Å²) in [7, 11) is 1.73. The lowest BCUT2D eigenvalue weighted by atomic mass is 10.1. The van der Waals surface area contributed by atoms with Gasteiger partial charge in [-0.2, -0.15) is 0 Å². The van der Waals surface area contributed by atoms with Crippen molar-refractivity contribution in [3.63, 3.8) is 0 Å². The Morgan fingerprint density at radius 2 is 2.04 bits per heavy atom. The molecule has 2 saturated heterocycles. The number of methoxy groups -OCH3 is 1. The summed E-state index contributed by atoms with van der Waals surface area (Å²) in [5.74, 6) is 0.923. The summed E-state index contributed by atoms with van der Waals surface area (Å²) in [5, 5.41) is 3.44. The predicted molar refractivity (Wildman–Crippen MR) is 96.4 cm³/mol. The Kier molecular flexibility index (Phi) is 6.49. The highest BCUT2D eigenvalue weighted by molar-refractivity contribution is 5.37. The van der Waals surface area contributed by atoms with E-state index >= 15 is 0 Å². The van der Waals surface area contributed by atoms with Gasteiger partial charge >= 0.3 is 0 Å². The molecule has 2 fully saturated rings. The van der Waals surface area contributed by atoms with Gasteiger partial charge in [0, 0.05) is 64.0 Å². The van der Waals surface area contributed by atoms with Crippen LogP contribution >= 0.6 is 0 Å². The summed E-state index contributed by atoms with van der Waals surface area (Å²) >= 11 is 0. The SMILES string of the molecule is CCOCc1cc(CN2CCC(N3CCNCC3)C2)ccc1OC. The van der Waals surface area contributed by atoms with Gasteiger partial charge in [0.1, 0.15) is 5.75 Å². The number of likely N-dealkylation sites (tertiary alicyclic amines) is 1. The van der Waals surface area contributed by atoms with Crippen LogP contribution in [0.3, 0.4) is 0 Å². The van der Waals surface area contributed by atoms with E-state index in [0.717, 1.165) is 43.6 Å². The summed E-state index contributed by atoms with van der Waals surface area (Å²) in [6.45, 7) is 11.4. The third-order valence-electron chi connectivity index (χ3n) is 5.13. The standard InChI is InChI=1S/C19H31N3O2/c1-3-24-15-17-12-16(4-5-19(17)23-2)13-21-9-6-18(14-21)22-10-7-20-8-11-22/h4-5,12,18,20H,3,6-11,13-15H2,1-2H3. The summed E-state index contributed by atoms with van der Waals surface area (Å²) in [5.41, 5.74) is 2.50. The van der Waals surface area contributed by atoms with Gasteiger partial charge in [0.2, 0.25) is 0 Å². The van der Waals surface area contributed by atoms with Gasteiger partial charge in [-0.1, -0.05) is 6.07 Å². The third-order valence-corrected chi connectivity index (χ3v) is 5.13. The van der Waals surface area contributed by atoms with Gasteiger partial charge in [0.15, 0.2) is 0 Å². The lowest BCUT2D eigenvalue weighted by molar-refractivity contribution is 0.132. The summed E-state index contributed by atoms with van der Waals surface area (Å²) in [6.07, 6.45) is 1.29. The molecule has 3 rings (SSSR count). The van der Waals surface area contributed by atoms with Gasteiger partial charge in [-0.05, 0) is 31.0 Å². The van der Waals surface area contributed by atoms with E-state index in [1.165, 1.54) is 38.2 Å². The molecular formula is C19H31N3O2. The van der Waals surface area contributed by atoms with E-state index in [0.29, 0.717) is 6.61 Å². The first-order valence-corrected chi connectivity index (χ1v) is 9.20. The van der Waals surface area contributed by atoms with Crippen LogP contribution in [-0.4, -0.2) is 68.8 Å². The van der Waals surface area contributed by atoms with Crippen LogP contribution in [0.25, 0.3) is 0 Å². The van der Waals surface area contributed by atoms with Gasteiger partial charge in [0.05, 0.1) is 13.7 Å². The second-order valence-corrected chi connectivity index (χ2v) is 6.75. The number of nitrogens with zero attached hydrogens (tertiary/aromatic N) is 2. The summed E-state index contributed by atoms with van der Waals surface area (Å²) in [6, 6.07) is 7.24. The Morgan fingerprint density at radius 3 is 2.79 bits per heavy atom. The number of benzene rings is 1. The van der Waals surface area contributed by atoms with E-state index in [4.69, 9.17) is 9.47 Å². The molecule has 24 heavy (non-hydrogen) atoms. The van der Waals surface area contributed by atoms with Crippen LogP contribution in [0.4, 0.5) is 0 Å². The summed E-state index contributed by atoms with van der Waals surface area (Å²) < 4.78 is 11.0. The molecule has 0 aromatic heterocycles. The van der Waals surface area contributed by atoms with Crippen molar-refractivity contribution >= 4 is 0 Å². The second kappa shape index (κ2) is 8.81. The zero-order valence-electron chi connectivity index (χ0n) is 15.1. The Labute approximate surface area is 145 Å². The van der Waals surface area contributed by atoms with Crippen LogP contribution in [0.15, 0.2) is 18.2 Å². The first-order chi connectivity index (χ1) is 11.8. The molecule has 2 heterocycles. The smallest absolute Gasteiger partial charge is 0.124 e. The predicted octanol–water partition coefficient (Wildman–Crippen LogP) is 1.71. The highest BCUT2D eigenvalue weighted by Crippen LogP contribution is 2.24. The molecule has 2 aliphatic heterocycles. The molecule has 134 valence electrons. The minimum atomic E-state index is 0.622. The second-order valence-electron chi connectivity index (χ2n) is 6.75. The summed E-state index contributed by atoms with van der Waals surface area (Å²) in [4.78, 5) is 5.24. The Morgan fingerprint density at radius 1 is 1.21 bits per heavy atom. The molecule has 1 atom stereocenters. The van der Waals surface area contributed by atoms with Crippen molar-refractivity contribution in [2.24, 2.45) is 0 Å². The topological polar surface area (TPSA) is 37.0 Å². The number of piperazine rings is 1.